The third-order valence-corrected chi connectivity index (χ3v) is 9.48. The number of allylic oxidation sites excluding steroid dienone is 6. The molecule has 4 nitrogen and oxygen atoms in total. The van der Waals surface area contributed by atoms with Gasteiger partial charge in [0.15, 0.2) is 6.54 Å². The van der Waals surface area contributed by atoms with Crippen LogP contribution in [0.2, 0.25) is 0 Å². The Hall–Kier alpha value is -2.74. The number of aryl methyl sites for hydroxylation is 4. The van der Waals surface area contributed by atoms with Gasteiger partial charge in [0.25, 0.3) is 5.01 Å². The van der Waals surface area contributed by atoms with Crippen LogP contribution in [-0.4, -0.2) is 29.1 Å². The van der Waals surface area contributed by atoms with E-state index in [-0.39, 0.29) is 5.75 Å². The van der Waals surface area contributed by atoms with Crippen LogP contribution in [0.25, 0.3) is 16.3 Å². The van der Waals surface area contributed by atoms with Crippen LogP contribution in [0.4, 0.5) is 5.69 Å². The average Bonchev–Trinajstić information content (AvgIpc) is 3.54. The van der Waals surface area contributed by atoms with Gasteiger partial charge in [-0.25, -0.2) is 0 Å². The lowest BCUT2D eigenvalue weighted by atomic mass is 10.1. The van der Waals surface area contributed by atoms with E-state index in [1.165, 1.54) is 59.3 Å². The number of hydrogen-bond acceptors (Lipinski definition) is 5. The fraction of sp³-hybridized carbons (Fsp3) is 0.241. The Bertz CT molecular complexity index is 1430. The van der Waals surface area contributed by atoms with Gasteiger partial charge in [0.05, 0.1) is 16.5 Å². The maximum Gasteiger partial charge on any atom is 0.313 e. The fourth-order valence-electron chi connectivity index (χ4n) is 4.61. The molecule has 0 saturated carbocycles. The van der Waals surface area contributed by atoms with E-state index in [2.05, 4.69) is 96.2 Å². The van der Waals surface area contributed by atoms with E-state index in [0.717, 1.165) is 25.3 Å². The lowest BCUT2D eigenvalue weighted by Gasteiger charge is -2.20. The topological polar surface area (TPSA) is 44.4 Å². The van der Waals surface area contributed by atoms with Gasteiger partial charge >= 0.3 is 5.97 Å². The number of carboxylic acid groups (broad SMARTS) is 1. The van der Waals surface area contributed by atoms with Gasteiger partial charge in [-0.2, -0.15) is 4.57 Å². The minimum atomic E-state index is -0.763. The number of aliphatic carboxylic acids is 1. The first-order chi connectivity index (χ1) is 17.5. The summed E-state index contributed by atoms with van der Waals surface area (Å²) in [5.74, 6) is 0.146. The summed E-state index contributed by atoms with van der Waals surface area (Å²) in [6.07, 6.45) is 15.9. The minimum absolute atomic E-state index is 0.140. The molecule has 0 spiro atoms. The van der Waals surface area contributed by atoms with Gasteiger partial charge in [-0.15, -0.1) is 11.8 Å². The van der Waals surface area contributed by atoms with Gasteiger partial charge in [0.1, 0.15) is 4.70 Å². The number of benzene rings is 2. The van der Waals surface area contributed by atoms with Gasteiger partial charge < -0.3 is 10.0 Å². The number of carboxylic acids is 1. The van der Waals surface area contributed by atoms with E-state index >= 15 is 0 Å². The quantitative estimate of drug-likeness (QED) is 0.187. The molecule has 2 aliphatic rings. The summed E-state index contributed by atoms with van der Waals surface area (Å²) in [4.78, 5) is 14.4. The summed E-state index contributed by atoms with van der Waals surface area (Å²) < 4.78 is 3.83. The monoisotopic (exact) mass is 533 g/mol. The summed E-state index contributed by atoms with van der Waals surface area (Å²) >= 11 is 5.08. The highest BCUT2D eigenvalue weighted by atomic mass is 32.2. The largest absolute Gasteiger partial charge is 0.481 e. The lowest BCUT2D eigenvalue weighted by molar-refractivity contribution is -0.661. The number of anilines is 1. The molecule has 5 rings (SSSR count). The summed E-state index contributed by atoms with van der Waals surface area (Å²) in [5, 5.41) is 11.4. The van der Waals surface area contributed by atoms with Crippen LogP contribution in [0.1, 0.15) is 21.7 Å². The molecule has 1 N–H and O–H groups in total. The first-order valence-corrected chi connectivity index (χ1v) is 14.8. The van der Waals surface area contributed by atoms with Crippen LogP contribution in [-0.2, 0) is 17.8 Å². The minimum Gasteiger partial charge on any atom is -0.481 e. The van der Waals surface area contributed by atoms with Crippen molar-refractivity contribution in [2.75, 3.05) is 23.0 Å². The molecule has 3 aromatic rings. The maximum absolute atomic E-state index is 10.8. The molecule has 2 aromatic carbocycles. The molecule has 0 atom stereocenters. The second kappa shape index (κ2) is 11.1. The highest BCUT2D eigenvalue weighted by Crippen LogP contribution is 2.46. The van der Waals surface area contributed by atoms with Gasteiger partial charge in [-0.3, -0.25) is 4.79 Å². The molecule has 0 fully saturated rings. The van der Waals surface area contributed by atoms with Crippen LogP contribution in [0.3, 0.4) is 0 Å². The predicted molar refractivity (Wildman–Crippen MR) is 155 cm³/mol. The molecule has 0 unspecified atom stereocenters. The third kappa shape index (κ3) is 5.33. The number of nitrogens with zero attached hydrogens (tertiary/aromatic N) is 2. The normalized spacial score (nSPS) is 16.1. The molecule has 3 heterocycles. The molecule has 0 saturated heterocycles. The van der Waals surface area contributed by atoms with Crippen molar-refractivity contribution in [3.05, 3.63) is 93.5 Å². The van der Waals surface area contributed by atoms with Crippen LogP contribution in [0.15, 0.2) is 76.7 Å². The molecular formula is C29H29N2O2S3+. The highest BCUT2D eigenvalue weighted by Gasteiger charge is 2.28. The van der Waals surface area contributed by atoms with E-state index < -0.39 is 5.97 Å². The molecule has 2 aliphatic heterocycles. The van der Waals surface area contributed by atoms with Gasteiger partial charge in [-0.05, 0) is 49.2 Å². The highest BCUT2D eigenvalue weighted by molar-refractivity contribution is 8.03. The number of thiazole rings is 1. The van der Waals surface area contributed by atoms with E-state index in [1.807, 2.05) is 11.3 Å². The Morgan fingerprint density at radius 1 is 1.14 bits per heavy atom. The van der Waals surface area contributed by atoms with Crippen LogP contribution in [0.5, 0.6) is 0 Å². The first-order valence-electron chi connectivity index (χ1n) is 12.0. The standard InChI is InChI=1S/C29H28N2O2S3/c1-20-10-12-24-23(18-20)30(16-17-34-19-28(32)33)26(35-24)8-6-4-3-5-7-9-27-31-15-14-22-21(2)11-13-25(36-27)29(22)31/h3-13,18H,14-17,19H2,1-2H3/p+1. The zero-order valence-electron chi connectivity index (χ0n) is 20.4. The summed E-state index contributed by atoms with van der Waals surface area (Å²) in [6.45, 7) is 6.18. The van der Waals surface area contributed by atoms with Crippen molar-refractivity contribution < 1.29 is 14.5 Å². The Morgan fingerprint density at radius 2 is 1.97 bits per heavy atom. The zero-order chi connectivity index (χ0) is 25.1. The van der Waals surface area contributed by atoms with Gasteiger partial charge in [0.2, 0.25) is 5.52 Å². The lowest BCUT2D eigenvalue weighted by Crippen LogP contribution is -2.31. The first kappa shape index (κ1) is 24.9. The van der Waals surface area contributed by atoms with Crippen molar-refractivity contribution in [2.45, 2.75) is 31.7 Å². The summed E-state index contributed by atoms with van der Waals surface area (Å²) in [7, 11) is 0. The number of hydrogen-bond donors (Lipinski definition) is 1. The molecule has 0 amide bonds. The summed E-state index contributed by atoms with van der Waals surface area (Å²) in [5.41, 5.74) is 6.77. The Labute approximate surface area is 224 Å². The number of thioether (sulfide) groups is 2. The van der Waals surface area contributed by atoms with Crippen molar-refractivity contribution in [3.8, 4) is 0 Å². The summed E-state index contributed by atoms with van der Waals surface area (Å²) in [6, 6.07) is 11.0. The number of fused-ring (bicyclic) bond motifs is 1. The van der Waals surface area contributed by atoms with E-state index in [4.69, 9.17) is 5.11 Å². The fourth-order valence-corrected chi connectivity index (χ4v) is 7.45. The zero-order valence-corrected chi connectivity index (χ0v) is 22.9. The number of carbonyl (C=O) groups is 1. The maximum atomic E-state index is 10.8. The SMILES string of the molecule is Cc1ccc2c(c1)N(CCSCC(=O)O)C(=CC=CC=CC=Cc1sc3ccc(C)c4c3[n+]1CC4)S2. The average molecular weight is 534 g/mol. The second-order valence-electron chi connectivity index (χ2n) is 8.85. The van der Waals surface area contributed by atoms with Gasteiger partial charge in [-0.1, -0.05) is 65.6 Å². The Morgan fingerprint density at radius 3 is 2.83 bits per heavy atom. The van der Waals surface area contributed by atoms with Crippen molar-refractivity contribution >= 4 is 62.8 Å². The van der Waals surface area contributed by atoms with Gasteiger partial charge in [0, 0.05) is 35.3 Å². The van der Waals surface area contributed by atoms with Crippen LogP contribution in [0, 0.1) is 13.8 Å². The third-order valence-electron chi connectivity index (χ3n) is 6.31. The molecule has 0 radical (unpaired) electrons. The molecule has 0 aliphatic carbocycles. The number of rotatable bonds is 9. The second-order valence-corrected chi connectivity index (χ2v) is 12.1. The van der Waals surface area contributed by atoms with E-state index in [1.54, 1.807) is 11.8 Å². The van der Waals surface area contributed by atoms with Crippen LogP contribution < -0.4 is 9.47 Å². The Kier molecular flexibility index (Phi) is 7.70. The van der Waals surface area contributed by atoms with Crippen molar-refractivity contribution in [1.29, 1.82) is 0 Å². The molecule has 0 bridgehead atoms. The molecular weight excluding hydrogens is 505 g/mol. The molecule has 184 valence electrons. The smallest absolute Gasteiger partial charge is 0.313 e. The molecule has 1 aromatic heterocycles. The van der Waals surface area contributed by atoms with Crippen LogP contribution >= 0.6 is 34.9 Å². The van der Waals surface area contributed by atoms with E-state index in [9.17, 15) is 4.79 Å². The van der Waals surface area contributed by atoms with E-state index in [0.29, 0.717) is 0 Å². The van der Waals surface area contributed by atoms with Crippen molar-refractivity contribution in [3.63, 3.8) is 0 Å². The molecule has 36 heavy (non-hydrogen) atoms. The molecule has 7 heteroatoms. The van der Waals surface area contributed by atoms with Crippen molar-refractivity contribution in [1.82, 2.24) is 0 Å². The number of aromatic nitrogens is 1. The Balaban J connectivity index is 1.24. The van der Waals surface area contributed by atoms with Crippen molar-refractivity contribution in [2.24, 2.45) is 0 Å². The predicted octanol–water partition coefficient (Wildman–Crippen LogP) is 6.76.